The van der Waals surface area contributed by atoms with E-state index in [1.54, 1.807) is 12.5 Å². The molecule has 0 radical (unpaired) electrons. The number of nitrogens with zero attached hydrogens (tertiary/aromatic N) is 7. The molecule has 5 aromatic rings. The summed E-state index contributed by atoms with van der Waals surface area (Å²) in [5, 5.41) is 8.71. The Kier molecular flexibility index (Phi) is 4.53. The monoisotopic (exact) mass is 476 g/mol. The van der Waals surface area contributed by atoms with Crippen LogP contribution in [0.4, 0.5) is 11.4 Å². The maximum atomic E-state index is 7.76. The summed E-state index contributed by atoms with van der Waals surface area (Å²) in [6.07, 6.45) is 3.55. The third-order valence-corrected chi connectivity index (χ3v) is 7.32. The van der Waals surface area contributed by atoms with Crippen molar-refractivity contribution in [2.75, 3.05) is 38.2 Å². The third-order valence-electron chi connectivity index (χ3n) is 7.32. The molecule has 1 saturated heterocycles. The van der Waals surface area contributed by atoms with Crippen LogP contribution in [-0.4, -0.2) is 69.0 Å². The van der Waals surface area contributed by atoms with Crippen molar-refractivity contribution >= 4 is 33.4 Å². The summed E-state index contributed by atoms with van der Waals surface area (Å²) in [5.41, 5.74) is 7.61. The Hall–Kier alpha value is -4.42. The third kappa shape index (κ3) is 3.15. The van der Waals surface area contributed by atoms with Crippen LogP contribution in [0, 0.1) is 6.57 Å². The summed E-state index contributed by atoms with van der Waals surface area (Å²) in [7, 11) is 4.08. The van der Waals surface area contributed by atoms with Crippen LogP contribution in [0.15, 0.2) is 48.9 Å². The standard InChI is InChI=1S/C27H24N8O/c1-28-21-11-22-20(10-19(21)17-8-23-27(29-12-17)34(3)15-30-23)26(32-31-22)16-4-5-24-25(9-16)36-14-18-13-33(2)6-7-35(18)24/h4-5,8-12,15,18H,6-7,13-14H2,2-3H3,(H,31,32). The molecule has 36 heavy (non-hydrogen) atoms. The zero-order valence-electron chi connectivity index (χ0n) is 20.1. The Bertz CT molecular complexity index is 1690. The van der Waals surface area contributed by atoms with Crippen molar-refractivity contribution in [3.8, 4) is 28.1 Å². The van der Waals surface area contributed by atoms with Crippen molar-refractivity contribution in [2.45, 2.75) is 6.04 Å². The smallest absolute Gasteiger partial charge is 0.197 e. The summed E-state index contributed by atoms with van der Waals surface area (Å²) in [6, 6.07) is 12.6. The van der Waals surface area contributed by atoms with Gasteiger partial charge >= 0.3 is 0 Å². The number of aromatic amines is 1. The lowest BCUT2D eigenvalue weighted by Gasteiger charge is -2.44. The van der Waals surface area contributed by atoms with E-state index in [0.29, 0.717) is 18.3 Å². The fraction of sp³-hybridized carbons (Fsp3) is 0.259. The summed E-state index contributed by atoms with van der Waals surface area (Å²) in [5.74, 6) is 0.896. The van der Waals surface area contributed by atoms with Crippen LogP contribution < -0.4 is 9.64 Å². The molecule has 2 aliphatic heterocycles. The van der Waals surface area contributed by atoms with Crippen molar-refractivity contribution in [1.82, 2.24) is 29.6 Å². The second kappa shape index (κ2) is 7.80. The molecule has 178 valence electrons. The first kappa shape index (κ1) is 20.9. The number of fused-ring (bicyclic) bond motifs is 5. The number of nitrogens with one attached hydrogen (secondary N) is 1. The van der Waals surface area contributed by atoms with E-state index < -0.39 is 0 Å². The number of ether oxygens (including phenoxy) is 1. The van der Waals surface area contributed by atoms with Gasteiger partial charge in [-0.1, -0.05) is 12.1 Å². The molecule has 3 aromatic heterocycles. The van der Waals surface area contributed by atoms with Gasteiger partial charge in [-0.25, -0.2) is 14.8 Å². The minimum atomic E-state index is 0.382. The minimum Gasteiger partial charge on any atom is -0.489 e. The lowest BCUT2D eigenvalue weighted by atomic mass is 9.99. The first-order valence-corrected chi connectivity index (χ1v) is 12.0. The van der Waals surface area contributed by atoms with Gasteiger partial charge in [-0.05, 0) is 42.4 Å². The number of likely N-dealkylation sites (N-methyl/N-ethyl adjacent to an activating group) is 1. The Morgan fingerprint density at radius 1 is 1.08 bits per heavy atom. The highest BCUT2D eigenvalue weighted by Gasteiger charge is 2.32. The zero-order valence-corrected chi connectivity index (χ0v) is 20.1. The average Bonchev–Trinajstić information content (AvgIpc) is 3.49. The molecule has 2 aliphatic rings. The number of benzene rings is 2. The largest absolute Gasteiger partial charge is 0.489 e. The first-order chi connectivity index (χ1) is 17.6. The maximum absolute atomic E-state index is 7.76. The number of rotatable bonds is 2. The van der Waals surface area contributed by atoms with E-state index >= 15 is 0 Å². The van der Waals surface area contributed by atoms with E-state index in [0.717, 1.165) is 75.5 Å². The highest BCUT2D eigenvalue weighted by Crippen LogP contribution is 2.41. The summed E-state index contributed by atoms with van der Waals surface area (Å²) >= 11 is 0. The Balaban J connectivity index is 1.32. The lowest BCUT2D eigenvalue weighted by Crippen LogP contribution is -2.56. The molecule has 0 saturated carbocycles. The number of anilines is 1. The molecule has 9 heteroatoms. The number of hydrogen-bond acceptors (Lipinski definition) is 6. The summed E-state index contributed by atoms with van der Waals surface area (Å²) in [6.45, 7) is 11.5. The van der Waals surface area contributed by atoms with Gasteiger partial charge in [0, 0.05) is 43.8 Å². The Morgan fingerprint density at radius 3 is 2.89 bits per heavy atom. The molecule has 1 unspecified atom stereocenters. The molecule has 9 nitrogen and oxygen atoms in total. The van der Waals surface area contributed by atoms with Crippen LogP contribution in [0.25, 0.3) is 49.3 Å². The Morgan fingerprint density at radius 2 is 2.00 bits per heavy atom. The van der Waals surface area contributed by atoms with Crippen molar-refractivity contribution in [2.24, 2.45) is 7.05 Å². The van der Waals surface area contributed by atoms with Gasteiger partial charge in [0.2, 0.25) is 0 Å². The molecule has 0 amide bonds. The van der Waals surface area contributed by atoms with Crippen LogP contribution in [0.1, 0.15) is 0 Å². The van der Waals surface area contributed by atoms with Crippen LogP contribution in [0.2, 0.25) is 0 Å². The number of hydrogen-bond donors (Lipinski definition) is 1. The number of aryl methyl sites for hydroxylation is 1. The number of pyridine rings is 1. The highest BCUT2D eigenvalue weighted by atomic mass is 16.5. The van der Waals surface area contributed by atoms with Crippen LogP contribution in [0.3, 0.4) is 0 Å². The topological polar surface area (TPSA) is 79.5 Å². The van der Waals surface area contributed by atoms with E-state index in [4.69, 9.17) is 11.3 Å². The van der Waals surface area contributed by atoms with Crippen molar-refractivity contribution in [1.29, 1.82) is 0 Å². The molecule has 0 spiro atoms. The van der Waals surface area contributed by atoms with Gasteiger partial charge in [0.1, 0.15) is 17.9 Å². The van der Waals surface area contributed by atoms with Crippen molar-refractivity contribution < 1.29 is 4.74 Å². The van der Waals surface area contributed by atoms with Crippen LogP contribution >= 0.6 is 0 Å². The van der Waals surface area contributed by atoms with Gasteiger partial charge in [0.25, 0.3) is 0 Å². The minimum absolute atomic E-state index is 0.382. The number of H-pyrrole nitrogens is 1. The highest BCUT2D eigenvalue weighted by molar-refractivity contribution is 6.00. The van der Waals surface area contributed by atoms with Gasteiger partial charge in [0.15, 0.2) is 11.3 Å². The average molecular weight is 477 g/mol. The molecule has 7 rings (SSSR count). The van der Waals surface area contributed by atoms with Gasteiger partial charge in [-0.3, -0.25) is 5.10 Å². The van der Waals surface area contributed by atoms with Crippen molar-refractivity contribution in [3.05, 3.63) is 60.3 Å². The van der Waals surface area contributed by atoms with Gasteiger partial charge in [0.05, 0.1) is 35.8 Å². The van der Waals surface area contributed by atoms with E-state index in [9.17, 15) is 0 Å². The Labute approximate surface area is 207 Å². The predicted octanol–water partition coefficient (Wildman–Crippen LogP) is 4.24. The molecular weight excluding hydrogens is 452 g/mol. The van der Waals surface area contributed by atoms with E-state index in [1.165, 1.54) is 0 Å². The lowest BCUT2D eigenvalue weighted by molar-refractivity contribution is 0.188. The van der Waals surface area contributed by atoms with Crippen molar-refractivity contribution in [3.63, 3.8) is 0 Å². The second-order valence-corrected chi connectivity index (χ2v) is 9.62. The number of imidazole rings is 1. The fourth-order valence-electron chi connectivity index (χ4n) is 5.43. The molecule has 1 fully saturated rings. The van der Waals surface area contributed by atoms with Crippen LogP contribution in [0.5, 0.6) is 5.75 Å². The maximum Gasteiger partial charge on any atom is 0.197 e. The first-order valence-electron chi connectivity index (χ1n) is 12.0. The van der Waals surface area contributed by atoms with Crippen LogP contribution in [-0.2, 0) is 7.05 Å². The van der Waals surface area contributed by atoms with E-state index in [1.807, 2.05) is 29.8 Å². The summed E-state index contributed by atoms with van der Waals surface area (Å²) < 4.78 is 8.08. The SMILES string of the molecule is [C-]#[N+]c1cc2[nH]nc(-c3ccc4c(c3)OCC3CN(C)CCN43)c2cc1-c1cnc2c(c1)ncn2C. The molecule has 1 atom stereocenters. The van der Waals surface area contributed by atoms with Gasteiger partial charge in [-0.2, -0.15) is 5.10 Å². The molecule has 2 aromatic carbocycles. The fourth-order valence-corrected chi connectivity index (χ4v) is 5.43. The normalized spacial score (nSPS) is 17.6. The summed E-state index contributed by atoms with van der Waals surface area (Å²) in [4.78, 5) is 17.6. The molecule has 5 heterocycles. The van der Waals surface area contributed by atoms with Gasteiger partial charge in [-0.15, -0.1) is 0 Å². The second-order valence-electron chi connectivity index (χ2n) is 9.62. The van der Waals surface area contributed by atoms with Gasteiger partial charge < -0.3 is 19.1 Å². The number of aromatic nitrogens is 5. The van der Waals surface area contributed by atoms with E-state index in [-0.39, 0.29) is 0 Å². The number of piperazine rings is 1. The zero-order chi connectivity index (χ0) is 24.4. The molecule has 1 N–H and O–H groups in total. The molecule has 0 aliphatic carbocycles. The predicted molar refractivity (Wildman–Crippen MR) is 139 cm³/mol. The van der Waals surface area contributed by atoms with E-state index in [2.05, 4.69) is 60.1 Å². The molecular formula is C27H24N8O. The molecule has 0 bridgehead atoms. The quantitative estimate of drug-likeness (QED) is 0.384.